The van der Waals surface area contributed by atoms with Gasteiger partial charge in [-0.3, -0.25) is 0 Å². The van der Waals surface area contributed by atoms with Crippen LogP contribution in [0.4, 0.5) is 0 Å². The molecule has 0 aliphatic rings. The van der Waals surface area contributed by atoms with E-state index in [4.69, 9.17) is 15.2 Å². The van der Waals surface area contributed by atoms with Crippen LogP contribution in [-0.2, 0) is 15.1 Å². The molecule has 33 heavy (non-hydrogen) atoms. The van der Waals surface area contributed by atoms with Crippen LogP contribution in [0.3, 0.4) is 0 Å². The molecule has 0 aromatic heterocycles. The first-order chi connectivity index (χ1) is 16.2. The number of carbonyl (C=O) groups is 1. The standard InChI is InChI=1S/C29H27NO3/c30-21-27(33-28(31)23-13-5-1-6-14-23)22-32-29(24-15-7-2-8-16-24,25-17-9-3-10-18-25)26-19-11-4-12-20-26/h1-20,27H,21-22,30H2. The number of carbonyl (C=O) groups excluding carboxylic acids is 1. The third kappa shape index (κ3) is 5.03. The van der Waals surface area contributed by atoms with Crippen LogP contribution in [0.2, 0.25) is 0 Å². The molecule has 166 valence electrons. The fraction of sp³-hybridized carbons (Fsp3) is 0.138. The SMILES string of the molecule is NCC(COC(c1ccccc1)(c1ccccc1)c1ccccc1)OC(=O)c1ccccc1. The second-order valence-electron chi connectivity index (χ2n) is 7.72. The van der Waals surface area contributed by atoms with E-state index in [9.17, 15) is 4.79 Å². The topological polar surface area (TPSA) is 61.6 Å². The largest absolute Gasteiger partial charge is 0.455 e. The van der Waals surface area contributed by atoms with Crippen LogP contribution in [-0.4, -0.2) is 25.2 Å². The molecule has 4 heteroatoms. The maximum atomic E-state index is 12.6. The molecule has 0 radical (unpaired) electrons. The van der Waals surface area contributed by atoms with Gasteiger partial charge in [0.05, 0.1) is 12.2 Å². The van der Waals surface area contributed by atoms with E-state index < -0.39 is 17.7 Å². The molecule has 4 aromatic carbocycles. The second kappa shape index (κ2) is 10.7. The van der Waals surface area contributed by atoms with E-state index in [2.05, 4.69) is 0 Å². The lowest BCUT2D eigenvalue weighted by atomic mass is 9.80. The average molecular weight is 438 g/mol. The Balaban J connectivity index is 1.70. The lowest BCUT2D eigenvalue weighted by Gasteiger charge is -2.37. The van der Waals surface area contributed by atoms with Crippen LogP contribution in [0.25, 0.3) is 0 Å². The summed E-state index contributed by atoms with van der Waals surface area (Å²) >= 11 is 0. The molecule has 0 saturated heterocycles. The Labute approximate surface area is 194 Å². The zero-order chi connectivity index (χ0) is 22.9. The van der Waals surface area contributed by atoms with Crippen molar-refractivity contribution in [1.29, 1.82) is 0 Å². The van der Waals surface area contributed by atoms with Gasteiger partial charge in [0.1, 0.15) is 11.7 Å². The van der Waals surface area contributed by atoms with E-state index in [0.717, 1.165) is 16.7 Å². The predicted octanol–water partition coefficient (Wildman–Crippen LogP) is 5.18. The Morgan fingerprint density at radius 1 is 0.667 bits per heavy atom. The van der Waals surface area contributed by atoms with Gasteiger partial charge in [0.25, 0.3) is 0 Å². The molecule has 0 aliphatic heterocycles. The first kappa shape index (κ1) is 22.5. The number of nitrogens with two attached hydrogens (primary N) is 1. The van der Waals surface area contributed by atoms with Gasteiger partial charge in [-0.15, -0.1) is 0 Å². The summed E-state index contributed by atoms with van der Waals surface area (Å²) in [6.45, 7) is 0.279. The molecule has 0 heterocycles. The molecule has 0 aliphatic carbocycles. The highest BCUT2D eigenvalue weighted by Gasteiger charge is 2.38. The van der Waals surface area contributed by atoms with E-state index in [1.807, 2.05) is 97.1 Å². The highest BCUT2D eigenvalue weighted by molar-refractivity contribution is 5.89. The molecule has 0 amide bonds. The van der Waals surface area contributed by atoms with E-state index in [1.54, 1.807) is 24.3 Å². The first-order valence-electron chi connectivity index (χ1n) is 11.0. The zero-order valence-electron chi connectivity index (χ0n) is 18.3. The van der Waals surface area contributed by atoms with Crippen molar-refractivity contribution in [2.24, 2.45) is 5.73 Å². The third-order valence-corrected chi connectivity index (χ3v) is 5.57. The van der Waals surface area contributed by atoms with Crippen molar-refractivity contribution in [2.45, 2.75) is 11.7 Å². The van der Waals surface area contributed by atoms with Gasteiger partial charge in [0.15, 0.2) is 0 Å². The normalized spacial score (nSPS) is 12.2. The van der Waals surface area contributed by atoms with Gasteiger partial charge in [0.2, 0.25) is 0 Å². The Hall–Kier alpha value is -3.73. The Bertz CT molecular complexity index is 1040. The lowest BCUT2D eigenvalue weighted by Crippen LogP contribution is -2.39. The van der Waals surface area contributed by atoms with Crippen LogP contribution >= 0.6 is 0 Å². The Kier molecular flexibility index (Phi) is 7.30. The fourth-order valence-electron chi connectivity index (χ4n) is 3.93. The average Bonchev–Trinajstić information content (AvgIpc) is 2.90. The van der Waals surface area contributed by atoms with Crippen molar-refractivity contribution in [3.8, 4) is 0 Å². The number of benzene rings is 4. The van der Waals surface area contributed by atoms with Crippen LogP contribution in [0, 0.1) is 0 Å². The lowest BCUT2D eigenvalue weighted by molar-refractivity contribution is -0.0468. The second-order valence-corrected chi connectivity index (χ2v) is 7.72. The number of rotatable bonds is 9. The summed E-state index contributed by atoms with van der Waals surface area (Å²) in [5.74, 6) is -0.417. The molecule has 0 fully saturated rings. The molecule has 1 atom stereocenters. The van der Waals surface area contributed by atoms with Crippen molar-refractivity contribution in [3.63, 3.8) is 0 Å². The number of esters is 1. The maximum absolute atomic E-state index is 12.6. The van der Waals surface area contributed by atoms with Crippen molar-refractivity contribution >= 4 is 5.97 Å². The predicted molar refractivity (Wildman–Crippen MR) is 130 cm³/mol. The molecule has 2 N–H and O–H groups in total. The smallest absolute Gasteiger partial charge is 0.338 e. The maximum Gasteiger partial charge on any atom is 0.338 e. The Morgan fingerprint density at radius 3 is 1.45 bits per heavy atom. The first-order valence-corrected chi connectivity index (χ1v) is 11.0. The van der Waals surface area contributed by atoms with E-state index in [1.165, 1.54) is 0 Å². The number of ether oxygens (including phenoxy) is 2. The van der Waals surface area contributed by atoms with Crippen molar-refractivity contribution in [2.75, 3.05) is 13.2 Å². The highest BCUT2D eigenvalue weighted by Crippen LogP contribution is 2.40. The minimum atomic E-state index is -0.893. The van der Waals surface area contributed by atoms with Gasteiger partial charge in [-0.25, -0.2) is 4.79 Å². The van der Waals surface area contributed by atoms with Crippen molar-refractivity contribution < 1.29 is 14.3 Å². The number of hydrogen-bond donors (Lipinski definition) is 1. The minimum Gasteiger partial charge on any atom is -0.455 e. The summed E-state index contributed by atoms with van der Waals surface area (Å²) in [6, 6.07) is 39.1. The summed E-state index contributed by atoms with van der Waals surface area (Å²) < 4.78 is 12.4. The summed E-state index contributed by atoms with van der Waals surface area (Å²) in [5.41, 5.74) is 8.52. The van der Waals surface area contributed by atoms with Crippen molar-refractivity contribution in [1.82, 2.24) is 0 Å². The Morgan fingerprint density at radius 2 is 1.06 bits per heavy atom. The van der Waals surface area contributed by atoms with Crippen LogP contribution in [0.5, 0.6) is 0 Å². The van der Waals surface area contributed by atoms with Gasteiger partial charge in [-0.1, -0.05) is 109 Å². The molecular weight excluding hydrogens is 410 g/mol. The highest BCUT2D eigenvalue weighted by atomic mass is 16.6. The monoisotopic (exact) mass is 437 g/mol. The quantitative estimate of drug-likeness (QED) is 0.290. The summed E-state index contributed by atoms with van der Waals surface area (Å²) in [4.78, 5) is 12.6. The van der Waals surface area contributed by atoms with E-state index in [0.29, 0.717) is 5.56 Å². The molecule has 4 aromatic rings. The van der Waals surface area contributed by atoms with Crippen LogP contribution in [0.15, 0.2) is 121 Å². The molecule has 0 bridgehead atoms. The molecule has 0 saturated carbocycles. The molecular formula is C29H27NO3. The summed E-state index contributed by atoms with van der Waals surface area (Å²) in [5, 5.41) is 0. The van der Waals surface area contributed by atoms with E-state index in [-0.39, 0.29) is 13.2 Å². The molecule has 0 spiro atoms. The summed E-state index contributed by atoms with van der Waals surface area (Å²) in [6.07, 6.45) is -0.604. The van der Waals surface area contributed by atoms with Gasteiger partial charge in [0, 0.05) is 6.54 Å². The van der Waals surface area contributed by atoms with Crippen LogP contribution < -0.4 is 5.73 Å². The van der Waals surface area contributed by atoms with Crippen LogP contribution in [0.1, 0.15) is 27.0 Å². The van der Waals surface area contributed by atoms with Gasteiger partial charge in [-0.2, -0.15) is 0 Å². The van der Waals surface area contributed by atoms with Gasteiger partial charge in [-0.05, 0) is 28.8 Å². The third-order valence-electron chi connectivity index (χ3n) is 5.57. The van der Waals surface area contributed by atoms with E-state index >= 15 is 0 Å². The number of hydrogen-bond acceptors (Lipinski definition) is 4. The zero-order valence-corrected chi connectivity index (χ0v) is 18.3. The molecule has 4 rings (SSSR count). The van der Waals surface area contributed by atoms with Gasteiger partial charge < -0.3 is 15.2 Å². The molecule has 4 nitrogen and oxygen atoms in total. The molecule has 1 unspecified atom stereocenters. The van der Waals surface area contributed by atoms with Crippen molar-refractivity contribution in [3.05, 3.63) is 144 Å². The minimum absolute atomic E-state index is 0.133. The summed E-state index contributed by atoms with van der Waals surface area (Å²) in [7, 11) is 0. The van der Waals surface area contributed by atoms with Gasteiger partial charge >= 0.3 is 5.97 Å². The fourth-order valence-corrected chi connectivity index (χ4v) is 3.93.